The molecule has 0 aromatic carbocycles. The number of rotatable bonds is 4. The summed E-state index contributed by atoms with van der Waals surface area (Å²) in [4.78, 5) is 11.3. The second-order valence-corrected chi connectivity index (χ2v) is 4.58. The van der Waals surface area contributed by atoms with Gasteiger partial charge in [0.15, 0.2) is 0 Å². The molecule has 0 aromatic rings. The third kappa shape index (κ3) is 3.80. The summed E-state index contributed by atoms with van der Waals surface area (Å²) in [6, 6.07) is 0. The third-order valence-corrected chi connectivity index (χ3v) is 3.02. The summed E-state index contributed by atoms with van der Waals surface area (Å²) in [7, 11) is 0. The maximum absolute atomic E-state index is 11.3. The quantitative estimate of drug-likeness (QED) is 0.677. The number of aliphatic hydroxyl groups excluding tert-OH is 1. The molecule has 1 aliphatic rings. The van der Waals surface area contributed by atoms with E-state index in [2.05, 4.69) is 5.32 Å². The maximum atomic E-state index is 11.3. The Morgan fingerprint density at radius 2 is 2.07 bits per heavy atom. The number of carbonyl (C=O) groups is 1. The van der Waals surface area contributed by atoms with Gasteiger partial charge in [0.25, 0.3) is 0 Å². The molecule has 2 N–H and O–H groups in total. The molecule has 0 amide bonds. The maximum Gasteiger partial charge on any atom is 0.308 e. The number of esters is 1. The van der Waals surface area contributed by atoms with Gasteiger partial charge in [0.2, 0.25) is 0 Å². The van der Waals surface area contributed by atoms with Gasteiger partial charge in [0.1, 0.15) is 5.60 Å². The number of aliphatic hydroxyl groups is 1. The minimum Gasteiger partial charge on any atom is -0.459 e. The van der Waals surface area contributed by atoms with Gasteiger partial charge in [-0.2, -0.15) is 0 Å². The topological polar surface area (TPSA) is 58.6 Å². The van der Waals surface area contributed by atoms with Crippen LogP contribution in [0.4, 0.5) is 0 Å². The Kier molecular flexibility index (Phi) is 4.54. The van der Waals surface area contributed by atoms with E-state index in [4.69, 9.17) is 9.84 Å². The van der Waals surface area contributed by atoms with E-state index in [0.29, 0.717) is 5.92 Å². The van der Waals surface area contributed by atoms with Crippen molar-refractivity contribution in [3.05, 3.63) is 0 Å². The first-order valence-electron chi connectivity index (χ1n) is 5.59. The van der Waals surface area contributed by atoms with E-state index in [1.807, 2.05) is 13.8 Å². The molecule has 1 fully saturated rings. The van der Waals surface area contributed by atoms with Gasteiger partial charge in [0, 0.05) is 5.92 Å². The molecular weight excluding hydrogens is 194 g/mol. The fourth-order valence-corrected chi connectivity index (χ4v) is 2.04. The summed E-state index contributed by atoms with van der Waals surface area (Å²) in [6.07, 6.45) is 2.17. The Morgan fingerprint density at radius 1 is 1.47 bits per heavy atom. The lowest BCUT2D eigenvalue weighted by molar-refractivity contribution is -0.163. The molecule has 4 heteroatoms. The normalized spacial score (nSPS) is 18.9. The Morgan fingerprint density at radius 3 is 2.60 bits per heavy atom. The number of carbonyl (C=O) groups excluding carboxylic acids is 1. The molecule has 1 aliphatic heterocycles. The Labute approximate surface area is 91.0 Å². The van der Waals surface area contributed by atoms with E-state index in [-0.39, 0.29) is 19.0 Å². The molecule has 0 aliphatic carbocycles. The summed E-state index contributed by atoms with van der Waals surface area (Å²) in [5, 5.41) is 11.9. The summed E-state index contributed by atoms with van der Waals surface area (Å²) < 4.78 is 5.39. The van der Waals surface area contributed by atoms with E-state index in [0.717, 1.165) is 25.9 Å². The fourth-order valence-electron chi connectivity index (χ4n) is 2.04. The molecule has 0 unspecified atom stereocenters. The highest BCUT2D eigenvalue weighted by atomic mass is 16.6. The molecule has 0 radical (unpaired) electrons. The fraction of sp³-hybridized carbons (Fsp3) is 0.909. The molecular formula is C11H21NO3. The van der Waals surface area contributed by atoms with Gasteiger partial charge in [-0.1, -0.05) is 0 Å². The lowest BCUT2D eigenvalue weighted by atomic mass is 9.83. The minimum absolute atomic E-state index is 0.0917. The summed E-state index contributed by atoms with van der Waals surface area (Å²) in [5.74, 6) is 0.113. The van der Waals surface area contributed by atoms with Gasteiger partial charge in [-0.05, 0) is 39.8 Å². The third-order valence-electron chi connectivity index (χ3n) is 3.02. The zero-order valence-electron chi connectivity index (χ0n) is 9.58. The van der Waals surface area contributed by atoms with Crippen molar-refractivity contribution >= 4 is 5.97 Å². The first-order chi connectivity index (χ1) is 7.06. The van der Waals surface area contributed by atoms with Crippen LogP contribution in [0.1, 0.15) is 33.1 Å². The van der Waals surface area contributed by atoms with E-state index in [9.17, 15) is 4.79 Å². The molecule has 1 rings (SSSR count). The van der Waals surface area contributed by atoms with Crippen LogP contribution >= 0.6 is 0 Å². The molecule has 1 saturated heterocycles. The van der Waals surface area contributed by atoms with Gasteiger partial charge in [0.05, 0.1) is 13.0 Å². The minimum atomic E-state index is -0.408. The highest BCUT2D eigenvalue weighted by Gasteiger charge is 2.33. The van der Waals surface area contributed by atoms with Crippen LogP contribution in [0, 0.1) is 5.92 Å². The first kappa shape index (κ1) is 12.5. The zero-order chi connectivity index (χ0) is 11.3. The van der Waals surface area contributed by atoms with Crippen LogP contribution in [0.15, 0.2) is 0 Å². The molecule has 0 atom stereocenters. The van der Waals surface area contributed by atoms with Crippen molar-refractivity contribution in [1.29, 1.82) is 0 Å². The number of nitrogens with one attached hydrogen (secondary N) is 1. The van der Waals surface area contributed by atoms with Gasteiger partial charge >= 0.3 is 5.97 Å². The van der Waals surface area contributed by atoms with Crippen molar-refractivity contribution in [1.82, 2.24) is 5.32 Å². The predicted molar refractivity (Wildman–Crippen MR) is 57.5 cm³/mol. The lowest BCUT2D eigenvalue weighted by Gasteiger charge is -2.36. The van der Waals surface area contributed by atoms with E-state index in [1.54, 1.807) is 0 Å². The van der Waals surface area contributed by atoms with Crippen molar-refractivity contribution in [2.45, 2.75) is 38.7 Å². The van der Waals surface area contributed by atoms with Crippen molar-refractivity contribution in [2.24, 2.45) is 5.92 Å². The van der Waals surface area contributed by atoms with Crippen molar-refractivity contribution in [3.8, 4) is 0 Å². The van der Waals surface area contributed by atoms with Crippen molar-refractivity contribution in [2.75, 3.05) is 19.7 Å². The van der Waals surface area contributed by atoms with Crippen LogP contribution in [0.25, 0.3) is 0 Å². The van der Waals surface area contributed by atoms with Crippen LogP contribution in [-0.2, 0) is 9.53 Å². The molecule has 0 aromatic heterocycles. The standard InChI is InChI=1S/C11H21NO3/c1-11(2,15-10(14)5-8-13)9-3-6-12-7-4-9/h9,12-13H,3-8H2,1-2H3. The average molecular weight is 215 g/mol. The van der Waals surface area contributed by atoms with Gasteiger partial charge in [-0.25, -0.2) is 0 Å². The van der Waals surface area contributed by atoms with Gasteiger partial charge in [-0.15, -0.1) is 0 Å². The van der Waals surface area contributed by atoms with E-state index < -0.39 is 5.60 Å². The van der Waals surface area contributed by atoms with Crippen molar-refractivity contribution in [3.63, 3.8) is 0 Å². The lowest BCUT2D eigenvalue weighted by Crippen LogP contribution is -2.42. The summed E-state index contributed by atoms with van der Waals surface area (Å²) in [6.45, 7) is 5.76. The molecule has 1 heterocycles. The molecule has 0 bridgehead atoms. The van der Waals surface area contributed by atoms with Crippen LogP contribution < -0.4 is 5.32 Å². The second kappa shape index (κ2) is 5.47. The summed E-state index contributed by atoms with van der Waals surface area (Å²) in [5.41, 5.74) is -0.408. The Balaban J connectivity index is 2.45. The van der Waals surface area contributed by atoms with Crippen LogP contribution in [0.5, 0.6) is 0 Å². The zero-order valence-corrected chi connectivity index (χ0v) is 9.58. The van der Waals surface area contributed by atoms with E-state index >= 15 is 0 Å². The molecule has 15 heavy (non-hydrogen) atoms. The number of ether oxygens (including phenoxy) is 1. The highest BCUT2D eigenvalue weighted by Crippen LogP contribution is 2.29. The molecule has 88 valence electrons. The second-order valence-electron chi connectivity index (χ2n) is 4.58. The van der Waals surface area contributed by atoms with Crippen LogP contribution in [-0.4, -0.2) is 36.4 Å². The monoisotopic (exact) mass is 215 g/mol. The van der Waals surface area contributed by atoms with Crippen molar-refractivity contribution < 1.29 is 14.6 Å². The summed E-state index contributed by atoms with van der Waals surface area (Å²) >= 11 is 0. The molecule has 0 saturated carbocycles. The Bertz CT molecular complexity index is 210. The average Bonchev–Trinajstić information content (AvgIpc) is 2.18. The number of piperidine rings is 1. The largest absolute Gasteiger partial charge is 0.459 e. The van der Waals surface area contributed by atoms with Crippen LogP contribution in [0.3, 0.4) is 0 Å². The van der Waals surface area contributed by atoms with Gasteiger partial charge in [-0.3, -0.25) is 4.79 Å². The molecule has 4 nitrogen and oxygen atoms in total. The van der Waals surface area contributed by atoms with E-state index in [1.165, 1.54) is 0 Å². The SMILES string of the molecule is CC(C)(OC(=O)CCO)C1CCNCC1. The van der Waals surface area contributed by atoms with Crippen LogP contribution in [0.2, 0.25) is 0 Å². The highest BCUT2D eigenvalue weighted by molar-refractivity contribution is 5.69. The molecule has 0 spiro atoms. The smallest absolute Gasteiger partial charge is 0.308 e. The van der Waals surface area contributed by atoms with Gasteiger partial charge < -0.3 is 15.2 Å². The predicted octanol–water partition coefficient (Wildman–Crippen LogP) is 0.690. The number of hydrogen-bond acceptors (Lipinski definition) is 4. The number of hydrogen-bond donors (Lipinski definition) is 2. The first-order valence-corrected chi connectivity index (χ1v) is 5.59. The Hall–Kier alpha value is -0.610.